The van der Waals surface area contributed by atoms with Gasteiger partial charge in [0, 0.05) is 33.3 Å². The Labute approximate surface area is 133 Å². The number of hydrogen-bond acceptors (Lipinski definition) is 5. The van der Waals surface area contributed by atoms with Gasteiger partial charge in [0.1, 0.15) is 0 Å². The molecule has 3 aliphatic rings. The van der Waals surface area contributed by atoms with Gasteiger partial charge in [-0.3, -0.25) is 9.69 Å². The average Bonchev–Trinajstić information content (AvgIpc) is 2.91. The molecule has 2 aliphatic heterocycles. The van der Waals surface area contributed by atoms with E-state index in [-0.39, 0.29) is 17.4 Å². The monoisotopic (exact) mass is 311 g/mol. The summed E-state index contributed by atoms with van der Waals surface area (Å²) in [6, 6.07) is 0.433. The number of nitrogens with one attached hydrogen (secondary N) is 1. The summed E-state index contributed by atoms with van der Waals surface area (Å²) in [4.78, 5) is 17.5. The molecule has 1 aliphatic carbocycles. The zero-order valence-electron chi connectivity index (χ0n) is 13.8. The molecule has 1 amide bonds. The maximum Gasteiger partial charge on any atom is 0.228 e. The van der Waals surface area contributed by atoms with Gasteiger partial charge in [-0.1, -0.05) is 6.42 Å². The third kappa shape index (κ3) is 3.15. The molecule has 0 aromatic carbocycles. The second-order valence-corrected chi connectivity index (χ2v) is 7.09. The molecule has 22 heavy (non-hydrogen) atoms. The largest absolute Gasteiger partial charge is 0.384 e. The minimum atomic E-state index is -0.288. The Kier molecular flexibility index (Phi) is 5.02. The highest BCUT2D eigenvalue weighted by atomic mass is 16.5. The molecular weight excluding hydrogens is 282 g/mol. The number of methoxy groups -OCH3 is 1. The molecule has 1 saturated carbocycles. The number of nitrogens with zero attached hydrogens (tertiary/aromatic N) is 2. The second kappa shape index (κ2) is 6.83. The zero-order chi connectivity index (χ0) is 15.6. The van der Waals surface area contributed by atoms with Crippen molar-refractivity contribution in [1.29, 1.82) is 0 Å². The van der Waals surface area contributed by atoms with Gasteiger partial charge in [-0.05, 0) is 19.9 Å². The predicted octanol–water partition coefficient (Wildman–Crippen LogP) is -0.0659. The molecule has 0 spiro atoms. The molecule has 3 rings (SSSR count). The van der Waals surface area contributed by atoms with Gasteiger partial charge in [0.2, 0.25) is 5.91 Å². The summed E-state index contributed by atoms with van der Waals surface area (Å²) in [6.07, 6.45) is 3.01. The van der Waals surface area contributed by atoms with Crippen LogP contribution in [0.1, 0.15) is 19.3 Å². The van der Waals surface area contributed by atoms with E-state index in [4.69, 9.17) is 9.47 Å². The Morgan fingerprint density at radius 3 is 2.59 bits per heavy atom. The van der Waals surface area contributed by atoms with Crippen LogP contribution in [0.4, 0.5) is 0 Å². The van der Waals surface area contributed by atoms with Crippen molar-refractivity contribution < 1.29 is 14.3 Å². The van der Waals surface area contributed by atoms with Crippen LogP contribution < -0.4 is 5.32 Å². The average molecular weight is 311 g/mol. The van der Waals surface area contributed by atoms with Crippen LogP contribution in [0.3, 0.4) is 0 Å². The Morgan fingerprint density at radius 1 is 1.27 bits per heavy atom. The van der Waals surface area contributed by atoms with Gasteiger partial charge in [-0.2, -0.15) is 0 Å². The van der Waals surface area contributed by atoms with Crippen molar-refractivity contribution in [2.75, 3.05) is 60.2 Å². The molecule has 0 unspecified atom stereocenters. The Bertz CT molecular complexity index is 392. The molecule has 0 radical (unpaired) electrons. The SMILES string of the molecule is COCC1(C(=O)N[C@H]2COC[C@@H]2N2CCN(C)CC2)CCC1. The van der Waals surface area contributed by atoms with Crippen molar-refractivity contribution in [2.45, 2.75) is 31.3 Å². The van der Waals surface area contributed by atoms with Crippen molar-refractivity contribution in [3.8, 4) is 0 Å². The highest BCUT2D eigenvalue weighted by Crippen LogP contribution is 2.41. The van der Waals surface area contributed by atoms with E-state index in [0.29, 0.717) is 19.3 Å². The van der Waals surface area contributed by atoms with Gasteiger partial charge in [-0.15, -0.1) is 0 Å². The molecular formula is C16H29N3O3. The van der Waals surface area contributed by atoms with Crippen LogP contribution in [0, 0.1) is 5.41 Å². The summed E-state index contributed by atoms with van der Waals surface area (Å²) in [7, 11) is 3.84. The number of ether oxygens (including phenoxy) is 2. The van der Waals surface area contributed by atoms with Gasteiger partial charge in [0.15, 0.2) is 0 Å². The number of carbonyl (C=O) groups is 1. The standard InChI is InChI=1S/C16H29N3O3/c1-18-6-8-19(9-7-18)14-11-22-10-13(14)17-15(20)16(12-21-2)4-3-5-16/h13-14H,3-12H2,1-2H3,(H,17,20)/t13-,14-/m0/s1. The van der Waals surface area contributed by atoms with E-state index in [9.17, 15) is 4.79 Å². The Morgan fingerprint density at radius 2 is 2.00 bits per heavy atom. The fraction of sp³-hybridized carbons (Fsp3) is 0.938. The van der Waals surface area contributed by atoms with E-state index in [2.05, 4.69) is 22.2 Å². The first-order chi connectivity index (χ1) is 10.6. The van der Waals surface area contributed by atoms with Crippen molar-refractivity contribution in [3.63, 3.8) is 0 Å². The first-order valence-corrected chi connectivity index (χ1v) is 8.45. The summed E-state index contributed by atoms with van der Waals surface area (Å²) < 4.78 is 11.0. The number of likely N-dealkylation sites (N-methyl/N-ethyl adjacent to an activating group) is 1. The van der Waals surface area contributed by atoms with Crippen LogP contribution in [0.15, 0.2) is 0 Å². The Balaban J connectivity index is 1.58. The fourth-order valence-corrected chi connectivity index (χ4v) is 3.83. The van der Waals surface area contributed by atoms with Crippen molar-refractivity contribution in [1.82, 2.24) is 15.1 Å². The quantitative estimate of drug-likeness (QED) is 0.770. The smallest absolute Gasteiger partial charge is 0.228 e. The third-order valence-corrected chi connectivity index (χ3v) is 5.59. The molecule has 6 heteroatoms. The van der Waals surface area contributed by atoms with Gasteiger partial charge < -0.3 is 19.7 Å². The van der Waals surface area contributed by atoms with Crippen molar-refractivity contribution in [3.05, 3.63) is 0 Å². The van der Waals surface area contributed by atoms with Crippen LogP contribution in [-0.2, 0) is 14.3 Å². The lowest BCUT2D eigenvalue weighted by atomic mass is 9.68. The molecule has 0 aromatic rings. The third-order valence-electron chi connectivity index (χ3n) is 5.59. The summed E-state index contributed by atoms with van der Waals surface area (Å²) >= 11 is 0. The normalized spacial score (nSPS) is 32.6. The molecule has 1 N–H and O–H groups in total. The lowest BCUT2D eigenvalue weighted by Gasteiger charge is -2.42. The summed E-state index contributed by atoms with van der Waals surface area (Å²) in [6.45, 7) is 6.18. The topological polar surface area (TPSA) is 54.0 Å². The number of piperazine rings is 1. The van der Waals surface area contributed by atoms with Crippen LogP contribution in [0.5, 0.6) is 0 Å². The van der Waals surface area contributed by atoms with Crippen molar-refractivity contribution >= 4 is 5.91 Å². The fourth-order valence-electron chi connectivity index (χ4n) is 3.83. The van der Waals surface area contributed by atoms with E-state index in [0.717, 1.165) is 52.0 Å². The predicted molar refractivity (Wildman–Crippen MR) is 83.8 cm³/mol. The molecule has 6 nitrogen and oxygen atoms in total. The number of carbonyl (C=O) groups excluding carboxylic acids is 1. The Hall–Kier alpha value is -0.690. The molecule has 2 saturated heterocycles. The lowest BCUT2D eigenvalue weighted by molar-refractivity contribution is -0.141. The molecule has 2 atom stereocenters. The van der Waals surface area contributed by atoms with Gasteiger partial charge in [0.25, 0.3) is 0 Å². The first kappa shape index (κ1) is 16.2. The summed E-state index contributed by atoms with van der Waals surface area (Å²) in [5.41, 5.74) is -0.288. The zero-order valence-corrected chi connectivity index (χ0v) is 13.8. The highest BCUT2D eigenvalue weighted by Gasteiger charge is 2.46. The summed E-state index contributed by atoms with van der Waals surface area (Å²) in [5.74, 6) is 0.162. The molecule has 126 valence electrons. The van der Waals surface area contributed by atoms with Crippen LogP contribution >= 0.6 is 0 Å². The molecule has 0 aromatic heterocycles. The second-order valence-electron chi connectivity index (χ2n) is 7.09. The minimum absolute atomic E-state index is 0.116. The molecule has 0 bridgehead atoms. The van der Waals surface area contributed by atoms with Crippen LogP contribution in [-0.4, -0.2) is 87.9 Å². The van der Waals surface area contributed by atoms with Crippen LogP contribution in [0.25, 0.3) is 0 Å². The molecule has 3 fully saturated rings. The highest BCUT2D eigenvalue weighted by molar-refractivity contribution is 5.84. The van der Waals surface area contributed by atoms with Crippen molar-refractivity contribution in [2.24, 2.45) is 5.41 Å². The number of rotatable bonds is 5. The van der Waals surface area contributed by atoms with Gasteiger partial charge in [0.05, 0.1) is 37.3 Å². The van der Waals surface area contributed by atoms with E-state index in [1.807, 2.05) is 0 Å². The van der Waals surface area contributed by atoms with E-state index < -0.39 is 0 Å². The van der Waals surface area contributed by atoms with Crippen LogP contribution in [0.2, 0.25) is 0 Å². The van der Waals surface area contributed by atoms with Gasteiger partial charge in [-0.25, -0.2) is 0 Å². The number of hydrogen-bond donors (Lipinski definition) is 1. The van der Waals surface area contributed by atoms with E-state index in [1.54, 1.807) is 7.11 Å². The van der Waals surface area contributed by atoms with Gasteiger partial charge >= 0.3 is 0 Å². The molecule has 2 heterocycles. The maximum atomic E-state index is 12.7. The summed E-state index contributed by atoms with van der Waals surface area (Å²) in [5, 5.41) is 3.27. The minimum Gasteiger partial charge on any atom is -0.384 e. The van der Waals surface area contributed by atoms with E-state index in [1.165, 1.54) is 0 Å². The number of amides is 1. The van der Waals surface area contributed by atoms with E-state index >= 15 is 0 Å². The maximum absolute atomic E-state index is 12.7. The first-order valence-electron chi connectivity index (χ1n) is 8.45. The lowest BCUT2D eigenvalue weighted by Crippen LogP contribution is -2.59.